The van der Waals surface area contributed by atoms with Crippen molar-refractivity contribution in [1.29, 1.82) is 0 Å². The Labute approximate surface area is 233 Å². The van der Waals surface area contributed by atoms with Gasteiger partial charge >= 0.3 is 0 Å². The summed E-state index contributed by atoms with van der Waals surface area (Å²) in [5, 5.41) is 3.49. The van der Waals surface area contributed by atoms with Crippen LogP contribution in [0.25, 0.3) is 0 Å². The number of amides is 2. The molecule has 2 aliphatic rings. The lowest BCUT2D eigenvalue weighted by Crippen LogP contribution is -2.36. The van der Waals surface area contributed by atoms with Crippen molar-refractivity contribution in [2.24, 2.45) is 4.99 Å². The van der Waals surface area contributed by atoms with Crippen molar-refractivity contribution < 1.29 is 19.1 Å². The van der Waals surface area contributed by atoms with Gasteiger partial charge in [0, 0.05) is 41.5 Å². The number of hydrogen-bond acceptors (Lipinski definition) is 6. The molecule has 9 heteroatoms. The molecule has 2 aliphatic heterocycles. The van der Waals surface area contributed by atoms with Crippen molar-refractivity contribution in [1.82, 2.24) is 4.90 Å². The maximum atomic E-state index is 13.3. The molecule has 0 radical (unpaired) electrons. The molecular formula is C30H31ClN4O4. The molecule has 8 nitrogen and oxygen atoms in total. The van der Waals surface area contributed by atoms with Crippen molar-refractivity contribution in [3.8, 4) is 11.5 Å². The van der Waals surface area contributed by atoms with E-state index < -0.39 is 5.92 Å². The van der Waals surface area contributed by atoms with Crippen LogP contribution in [0.3, 0.4) is 0 Å². The van der Waals surface area contributed by atoms with E-state index >= 15 is 0 Å². The van der Waals surface area contributed by atoms with E-state index in [1.54, 1.807) is 17.0 Å². The van der Waals surface area contributed by atoms with Crippen LogP contribution in [0.2, 0.25) is 5.02 Å². The highest BCUT2D eigenvalue weighted by atomic mass is 35.5. The van der Waals surface area contributed by atoms with Crippen LogP contribution in [0, 0.1) is 0 Å². The number of halogens is 1. The molecule has 3 aromatic carbocycles. The van der Waals surface area contributed by atoms with E-state index in [9.17, 15) is 9.59 Å². The lowest BCUT2D eigenvalue weighted by Gasteiger charge is -2.24. The maximum absolute atomic E-state index is 13.3. The molecule has 1 atom stereocenters. The number of aliphatic imine (C=N–C) groups is 1. The Kier molecular flexibility index (Phi) is 7.86. The number of nitrogens with zero attached hydrogens (tertiary/aromatic N) is 3. The van der Waals surface area contributed by atoms with Crippen molar-refractivity contribution in [2.45, 2.75) is 19.3 Å². The molecule has 0 bridgehead atoms. The van der Waals surface area contributed by atoms with Gasteiger partial charge in [-0.05, 0) is 74.3 Å². The van der Waals surface area contributed by atoms with Gasteiger partial charge in [-0.15, -0.1) is 0 Å². The quantitative estimate of drug-likeness (QED) is 0.389. The number of rotatable bonds is 8. The van der Waals surface area contributed by atoms with E-state index in [0.29, 0.717) is 59.8 Å². The third-order valence-electron chi connectivity index (χ3n) is 6.74. The molecule has 202 valence electrons. The fourth-order valence-electron chi connectivity index (χ4n) is 4.74. The van der Waals surface area contributed by atoms with Crippen molar-refractivity contribution in [3.63, 3.8) is 0 Å². The molecule has 2 amide bonds. The van der Waals surface area contributed by atoms with Gasteiger partial charge in [-0.25, -0.2) is 0 Å². The molecule has 0 fully saturated rings. The van der Waals surface area contributed by atoms with Gasteiger partial charge in [0.25, 0.3) is 0 Å². The Morgan fingerprint density at radius 3 is 2.46 bits per heavy atom. The summed E-state index contributed by atoms with van der Waals surface area (Å²) in [6.45, 7) is 4.15. The number of ether oxygens (including phenoxy) is 2. The molecule has 0 saturated carbocycles. The first-order valence-corrected chi connectivity index (χ1v) is 13.4. The zero-order valence-corrected chi connectivity index (χ0v) is 23.0. The van der Waals surface area contributed by atoms with Gasteiger partial charge in [-0.3, -0.25) is 14.6 Å². The van der Waals surface area contributed by atoms with Gasteiger partial charge in [0.15, 0.2) is 11.5 Å². The SMILES string of the molecule is CCC(=O)N(CCN(C)C)c1ccc(N=C(c2ccc3c(c2)OCCO3)C2C(=O)Nc3cc(Cl)ccc32)cc1. The monoisotopic (exact) mass is 546 g/mol. The second-order valence-corrected chi connectivity index (χ2v) is 10.2. The summed E-state index contributed by atoms with van der Waals surface area (Å²) in [6.07, 6.45) is 0.418. The number of benzene rings is 3. The Morgan fingerprint density at radius 1 is 1.00 bits per heavy atom. The summed E-state index contributed by atoms with van der Waals surface area (Å²) in [4.78, 5) is 34.7. The Hall–Kier alpha value is -3.88. The number of anilines is 2. The summed E-state index contributed by atoms with van der Waals surface area (Å²) in [5.41, 5.74) is 4.27. The summed E-state index contributed by atoms with van der Waals surface area (Å²) in [7, 11) is 3.97. The standard InChI is InChI=1S/C30H31ClN4O4/c1-4-27(36)35(14-13-34(2)3)22-9-7-21(8-10-22)32-29(19-5-12-25-26(17-19)39-16-15-38-25)28-23-11-6-20(31)18-24(23)33-30(28)37/h5-12,17-18,28H,4,13-16H2,1-3H3,(H,33,37). The first-order valence-electron chi connectivity index (χ1n) is 13.0. The minimum absolute atomic E-state index is 0.0583. The fourth-order valence-corrected chi connectivity index (χ4v) is 4.91. The van der Waals surface area contributed by atoms with E-state index in [1.165, 1.54) is 0 Å². The highest BCUT2D eigenvalue weighted by molar-refractivity contribution is 6.31. The third-order valence-corrected chi connectivity index (χ3v) is 6.98. The minimum Gasteiger partial charge on any atom is -0.486 e. The fraction of sp³-hybridized carbons (Fsp3) is 0.300. The largest absolute Gasteiger partial charge is 0.486 e. The van der Waals surface area contributed by atoms with Crippen molar-refractivity contribution in [3.05, 3.63) is 76.8 Å². The first kappa shape index (κ1) is 26.7. The van der Waals surface area contributed by atoms with Crippen molar-refractivity contribution >= 4 is 46.2 Å². The average Bonchev–Trinajstić information content (AvgIpc) is 3.26. The van der Waals surface area contributed by atoms with Crippen LogP contribution in [0.4, 0.5) is 17.1 Å². The molecule has 0 saturated heterocycles. The molecule has 0 aliphatic carbocycles. The predicted octanol–water partition coefficient (Wildman–Crippen LogP) is 5.27. The molecule has 1 unspecified atom stereocenters. The highest BCUT2D eigenvalue weighted by Gasteiger charge is 2.36. The van der Waals surface area contributed by atoms with Gasteiger partial charge in [0.1, 0.15) is 19.1 Å². The normalized spacial score (nSPS) is 16.2. The first-order chi connectivity index (χ1) is 18.8. The van der Waals surface area contributed by atoms with Crippen LogP contribution in [-0.2, 0) is 9.59 Å². The van der Waals surface area contributed by atoms with Crippen LogP contribution in [0.1, 0.15) is 30.4 Å². The van der Waals surface area contributed by atoms with E-state index in [2.05, 4.69) is 5.32 Å². The third kappa shape index (κ3) is 5.77. The Balaban J connectivity index is 1.55. The van der Waals surface area contributed by atoms with E-state index in [-0.39, 0.29) is 11.8 Å². The molecule has 39 heavy (non-hydrogen) atoms. The number of likely N-dealkylation sites (N-methyl/N-ethyl adjacent to an activating group) is 1. The van der Waals surface area contributed by atoms with E-state index in [1.807, 2.05) is 74.4 Å². The number of nitrogens with one attached hydrogen (secondary N) is 1. The summed E-state index contributed by atoms with van der Waals surface area (Å²) in [6, 6.07) is 18.5. The van der Waals surface area contributed by atoms with Gasteiger partial charge < -0.3 is 24.6 Å². The highest BCUT2D eigenvalue weighted by Crippen LogP contribution is 2.39. The number of carbonyl (C=O) groups is 2. The van der Waals surface area contributed by atoms with Crippen molar-refractivity contribution in [2.75, 3.05) is 50.6 Å². The molecule has 3 aromatic rings. The van der Waals surface area contributed by atoms with Crippen LogP contribution < -0.4 is 19.7 Å². The van der Waals surface area contributed by atoms with Gasteiger partial charge in [-0.2, -0.15) is 0 Å². The average molecular weight is 547 g/mol. The smallest absolute Gasteiger partial charge is 0.238 e. The van der Waals surface area contributed by atoms with Crippen LogP contribution in [0.15, 0.2) is 65.7 Å². The lowest BCUT2D eigenvalue weighted by atomic mass is 9.90. The predicted molar refractivity (Wildman–Crippen MR) is 154 cm³/mol. The van der Waals surface area contributed by atoms with Gasteiger partial charge in [0.2, 0.25) is 11.8 Å². The maximum Gasteiger partial charge on any atom is 0.238 e. The Bertz CT molecular complexity index is 1420. The lowest BCUT2D eigenvalue weighted by molar-refractivity contribution is -0.118. The Morgan fingerprint density at radius 2 is 1.74 bits per heavy atom. The second-order valence-electron chi connectivity index (χ2n) is 9.73. The topological polar surface area (TPSA) is 83.5 Å². The van der Waals surface area contributed by atoms with Crippen LogP contribution in [-0.4, -0.2) is 62.8 Å². The van der Waals surface area contributed by atoms with Gasteiger partial charge in [-0.1, -0.05) is 24.6 Å². The molecule has 0 spiro atoms. The zero-order chi connectivity index (χ0) is 27.5. The minimum atomic E-state index is -0.641. The zero-order valence-electron chi connectivity index (χ0n) is 22.2. The molecule has 0 aromatic heterocycles. The summed E-state index contributed by atoms with van der Waals surface area (Å²) < 4.78 is 11.5. The van der Waals surface area contributed by atoms with Crippen LogP contribution in [0.5, 0.6) is 11.5 Å². The summed E-state index contributed by atoms with van der Waals surface area (Å²) >= 11 is 6.19. The van der Waals surface area contributed by atoms with Gasteiger partial charge in [0.05, 0.1) is 11.4 Å². The molecule has 2 heterocycles. The number of carbonyl (C=O) groups excluding carboxylic acids is 2. The molecule has 1 N–H and O–H groups in total. The molecular weight excluding hydrogens is 516 g/mol. The number of hydrogen-bond donors (Lipinski definition) is 1. The number of fused-ring (bicyclic) bond motifs is 2. The molecule has 5 rings (SSSR count). The van der Waals surface area contributed by atoms with E-state index in [4.69, 9.17) is 26.1 Å². The summed E-state index contributed by atoms with van der Waals surface area (Å²) in [5.74, 6) is 0.517. The van der Waals surface area contributed by atoms with E-state index in [0.717, 1.165) is 23.4 Å². The second kappa shape index (κ2) is 11.5. The van der Waals surface area contributed by atoms with Crippen LogP contribution >= 0.6 is 11.6 Å².